The summed E-state index contributed by atoms with van der Waals surface area (Å²) >= 11 is 0. The number of aliphatic hydroxyl groups excluding tert-OH is 2. The second-order valence-corrected chi connectivity index (χ2v) is 12.2. The Morgan fingerprint density at radius 1 is 0.674 bits per heavy atom. The number of benzene rings is 4. The van der Waals surface area contributed by atoms with Crippen molar-refractivity contribution in [2.45, 2.75) is 17.0 Å². The quantitative estimate of drug-likeness (QED) is 0.113. The highest BCUT2D eigenvalue weighted by atomic mass is 32.2. The van der Waals surface area contributed by atoms with E-state index in [9.17, 15) is 23.0 Å². The third-order valence-electron chi connectivity index (χ3n) is 7.66. The van der Waals surface area contributed by atoms with Crippen LogP contribution in [-0.2, 0) is 19.5 Å². The van der Waals surface area contributed by atoms with Crippen LogP contribution in [0.5, 0.6) is 0 Å². The van der Waals surface area contributed by atoms with Gasteiger partial charge in [0, 0.05) is 38.4 Å². The molecule has 4 rings (SSSR count). The zero-order chi connectivity index (χ0) is 33.3. The molecular weight excluding hydrogens is 616 g/mol. The Balaban J connectivity index is 1.85. The molecule has 6 N–H and O–H groups in total. The number of aliphatic hydroxyl groups is 2. The van der Waals surface area contributed by atoms with E-state index in [0.717, 1.165) is 5.56 Å². The lowest BCUT2D eigenvalue weighted by molar-refractivity contribution is 0.183. The highest BCUT2D eigenvalue weighted by molar-refractivity contribution is 7.89. The molecule has 0 aliphatic carbocycles. The first-order valence-electron chi connectivity index (χ1n) is 14.6. The monoisotopic (exact) mass is 655 g/mol. The molecule has 0 amide bonds. The van der Waals surface area contributed by atoms with Gasteiger partial charge in [-0.2, -0.15) is 0 Å². The largest absolute Gasteiger partial charge is 0.394 e. The first-order chi connectivity index (χ1) is 22.1. The van der Waals surface area contributed by atoms with Gasteiger partial charge in [0.05, 0.1) is 43.4 Å². The van der Waals surface area contributed by atoms with Crippen LogP contribution in [0.3, 0.4) is 0 Å². The Morgan fingerprint density at radius 2 is 1.13 bits per heavy atom. The number of primary sulfonamides is 1. The molecule has 0 radical (unpaired) electrons. The van der Waals surface area contributed by atoms with Gasteiger partial charge in [0.1, 0.15) is 11.6 Å². The maximum absolute atomic E-state index is 15.1. The fourth-order valence-electron chi connectivity index (χ4n) is 5.22. The maximum atomic E-state index is 15.1. The molecular formula is C34H39F2N3O6S. The van der Waals surface area contributed by atoms with Gasteiger partial charge in [-0.1, -0.05) is 36.4 Å². The molecule has 0 spiro atoms. The van der Waals surface area contributed by atoms with Crippen LogP contribution in [0.1, 0.15) is 23.2 Å². The predicted octanol–water partition coefficient (Wildman–Crippen LogP) is 4.15. The first-order valence-corrected chi connectivity index (χ1v) is 16.2. The SMILES string of the molecule is COCCNC(CO)c1cc(-c2ccc(-c3ccc(S(N)(=O)=O)cc3)c(-c3ccc(F)c(C(CO)NCCOC)c3)c2)ccc1F. The highest BCUT2D eigenvalue weighted by Gasteiger charge is 2.20. The lowest BCUT2D eigenvalue weighted by Gasteiger charge is -2.20. The van der Waals surface area contributed by atoms with E-state index < -0.39 is 33.7 Å². The molecule has 2 unspecified atom stereocenters. The van der Waals surface area contributed by atoms with Gasteiger partial charge in [-0.25, -0.2) is 22.3 Å². The fourth-order valence-corrected chi connectivity index (χ4v) is 5.74. The average Bonchev–Trinajstić information content (AvgIpc) is 3.05. The summed E-state index contributed by atoms with van der Waals surface area (Å²) in [4.78, 5) is -0.0391. The summed E-state index contributed by atoms with van der Waals surface area (Å²) in [6.45, 7) is 0.887. The summed E-state index contributed by atoms with van der Waals surface area (Å²) in [6.07, 6.45) is 0. The minimum absolute atomic E-state index is 0.0391. The van der Waals surface area contributed by atoms with E-state index in [1.54, 1.807) is 50.6 Å². The van der Waals surface area contributed by atoms with Gasteiger partial charge in [0.2, 0.25) is 10.0 Å². The minimum atomic E-state index is -3.91. The van der Waals surface area contributed by atoms with E-state index in [1.165, 1.54) is 24.3 Å². The number of hydrogen-bond acceptors (Lipinski definition) is 8. The minimum Gasteiger partial charge on any atom is -0.394 e. The lowest BCUT2D eigenvalue weighted by Crippen LogP contribution is -2.28. The van der Waals surface area contributed by atoms with Crippen LogP contribution in [0.4, 0.5) is 8.78 Å². The molecule has 9 nitrogen and oxygen atoms in total. The van der Waals surface area contributed by atoms with Crippen LogP contribution in [0.25, 0.3) is 33.4 Å². The van der Waals surface area contributed by atoms with Crippen molar-refractivity contribution in [2.24, 2.45) is 5.14 Å². The third-order valence-corrected chi connectivity index (χ3v) is 8.59. The second-order valence-electron chi connectivity index (χ2n) is 10.7. The molecule has 0 saturated carbocycles. The average molecular weight is 656 g/mol. The Labute approximate surface area is 268 Å². The van der Waals surface area contributed by atoms with Crippen molar-refractivity contribution < 1.29 is 36.9 Å². The second kappa shape index (κ2) is 16.3. The van der Waals surface area contributed by atoms with Crippen molar-refractivity contribution in [3.8, 4) is 33.4 Å². The van der Waals surface area contributed by atoms with Gasteiger partial charge >= 0.3 is 0 Å². The Morgan fingerprint density at radius 3 is 1.63 bits per heavy atom. The number of nitrogens with one attached hydrogen (secondary N) is 2. The number of hydrogen-bond donors (Lipinski definition) is 5. The molecule has 4 aromatic carbocycles. The number of ether oxygens (including phenoxy) is 2. The highest BCUT2D eigenvalue weighted by Crippen LogP contribution is 2.38. The van der Waals surface area contributed by atoms with Crippen molar-refractivity contribution in [2.75, 3.05) is 53.7 Å². The molecule has 12 heteroatoms. The van der Waals surface area contributed by atoms with Crippen LogP contribution >= 0.6 is 0 Å². The Hall–Kier alpha value is -3.59. The van der Waals surface area contributed by atoms with Crippen molar-refractivity contribution >= 4 is 10.0 Å². The van der Waals surface area contributed by atoms with Crippen molar-refractivity contribution in [1.29, 1.82) is 0 Å². The molecule has 0 aliphatic rings. The summed E-state index contributed by atoms with van der Waals surface area (Å²) in [6, 6.07) is 19.6. The van der Waals surface area contributed by atoms with Crippen LogP contribution in [-0.4, -0.2) is 72.4 Å². The van der Waals surface area contributed by atoms with Crippen molar-refractivity contribution in [3.63, 3.8) is 0 Å². The molecule has 246 valence electrons. The van der Waals surface area contributed by atoms with E-state index in [0.29, 0.717) is 54.1 Å². The number of methoxy groups -OCH3 is 2. The van der Waals surface area contributed by atoms with Gasteiger partial charge in [-0.05, 0) is 75.8 Å². The topological polar surface area (TPSA) is 143 Å². The number of rotatable bonds is 16. The van der Waals surface area contributed by atoms with E-state index in [2.05, 4.69) is 10.6 Å². The molecule has 0 bridgehead atoms. The zero-order valence-electron chi connectivity index (χ0n) is 25.7. The predicted molar refractivity (Wildman–Crippen MR) is 173 cm³/mol. The summed E-state index contributed by atoms with van der Waals surface area (Å²) in [5.41, 5.74) is 4.65. The van der Waals surface area contributed by atoms with Gasteiger partial charge in [-0.15, -0.1) is 0 Å². The molecule has 0 aliphatic heterocycles. The van der Waals surface area contributed by atoms with Gasteiger partial charge in [0.15, 0.2) is 0 Å². The van der Waals surface area contributed by atoms with Crippen molar-refractivity contribution in [3.05, 3.63) is 102 Å². The summed E-state index contributed by atoms with van der Waals surface area (Å²) in [7, 11) is -0.803. The van der Waals surface area contributed by atoms with E-state index >= 15 is 4.39 Å². The molecule has 2 atom stereocenters. The number of halogens is 2. The molecule has 46 heavy (non-hydrogen) atoms. The Kier molecular flexibility index (Phi) is 12.5. The fraction of sp³-hybridized carbons (Fsp3) is 0.294. The van der Waals surface area contributed by atoms with Crippen LogP contribution < -0.4 is 15.8 Å². The van der Waals surface area contributed by atoms with Crippen LogP contribution in [0.15, 0.2) is 83.8 Å². The zero-order valence-corrected chi connectivity index (χ0v) is 26.5. The lowest BCUT2D eigenvalue weighted by atomic mass is 9.89. The molecule has 0 fully saturated rings. The third kappa shape index (κ3) is 8.60. The van der Waals surface area contributed by atoms with Crippen LogP contribution in [0.2, 0.25) is 0 Å². The summed E-state index contributed by atoms with van der Waals surface area (Å²) in [5, 5.41) is 31.6. The maximum Gasteiger partial charge on any atom is 0.238 e. The standard InChI is InChI=1S/C34H39F2N3O6S/c1-44-15-13-38-33(20-40)29-18-24(6-11-31(29)35)23-5-10-27(22-3-8-26(9-4-22)46(37,42)43)28(17-23)25-7-12-32(36)30(19-25)34(21-41)39-14-16-45-2/h3-12,17-19,33-34,38-41H,13-16,20-21H2,1-2H3,(H2,37,42,43). The van der Waals surface area contributed by atoms with E-state index in [4.69, 9.17) is 14.6 Å². The van der Waals surface area contributed by atoms with Gasteiger partial charge in [0.25, 0.3) is 0 Å². The van der Waals surface area contributed by atoms with Gasteiger partial charge in [-0.3, -0.25) is 0 Å². The van der Waals surface area contributed by atoms with E-state index in [1.807, 2.05) is 18.2 Å². The first kappa shape index (κ1) is 35.3. The smallest absolute Gasteiger partial charge is 0.238 e. The Bertz CT molecular complexity index is 1720. The van der Waals surface area contributed by atoms with Gasteiger partial charge < -0.3 is 30.3 Å². The van der Waals surface area contributed by atoms with Crippen molar-refractivity contribution in [1.82, 2.24) is 10.6 Å². The summed E-state index contributed by atoms with van der Waals surface area (Å²) < 4.78 is 64.0. The van der Waals surface area contributed by atoms with E-state index in [-0.39, 0.29) is 29.2 Å². The summed E-state index contributed by atoms with van der Waals surface area (Å²) in [5.74, 6) is -0.971. The number of nitrogens with two attached hydrogens (primary N) is 1. The van der Waals surface area contributed by atoms with Crippen LogP contribution in [0, 0.1) is 11.6 Å². The molecule has 0 aromatic heterocycles. The normalized spacial score (nSPS) is 13.1. The molecule has 0 saturated heterocycles. The molecule has 4 aromatic rings. The molecule has 0 heterocycles. The number of sulfonamides is 1.